The molecule has 0 saturated carbocycles. The summed E-state index contributed by atoms with van der Waals surface area (Å²) < 4.78 is 10.2. The lowest BCUT2D eigenvalue weighted by atomic mass is 10.1. The van der Waals surface area contributed by atoms with Crippen molar-refractivity contribution in [2.75, 3.05) is 7.11 Å². The van der Waals surface area contributed by atoms with Crippen LogP contribution < -0.4 is 10.1 Å². The molecule has 2 rings (SSSR count). The van der Waals surface area contributed by atoms with Gasteiger partial charge in [0.05, 0.1) is 7.11 Å². The van der Waals surface area contributed by atoms with E-state index in [4.69, 9.17) is 9.26 Å². The van der Waals surface area contributed by atoms with E-state index in [1.54, 1.807) is 24.3 Å². The molecule has 0 aliphatic heterocycles. The zero-order chi connectivity index (χ0) is 18.9. The van der Waals surface area contributed by atoms with E-state index in [1.165, 1.54) is 7.11 Å². The first-order valence-electron chi connectivity index (χ1n) is 8.51. The molecule has 1 aromatic heterocycles. The molecular weight excluding hydrogens is 338 g/mol. The average molecular weight is 361 g/mol. The van der Waals surface area contributed by atoms with Crippen LogP contribution in [0.25, 0.3) is 0 Å². The van der Waals surface area contributed by atoms with Gasteiger partial charge in [-0.05, 0) is 30.5 Å². The molecular formula is C18H23N3O5. The number of methoxy groups -OCH3 is 1. The number of nitrogens with one attached hydrogen (secondary N) is 1. The lowest BCUT2D eigenvalue weighted by Crippen LogP contribution is -2.33. The van der Waals surface area contributed by atoms with E-state index in [9.17, 15) is 14.7 Å². The molecule has 0 bridgehead atoms. The summed E-state index contributed by atoms with van der Waals surface area (Å²) in [6, 6.07) is 5.44. The smallest absolute Gasteiger partial charge is 0.330 e. The molecule has 140 valence electrons. The van der Waals surface area contributed by atoms with Crippen LogP contribution in [0.5, 0.6) is 5.75 Å². The second kappa shape index (κ2) is 9.55. The topological polar surface area (TPSA) is 115 Å². The van der Waals surface area contributed by atoms with E-state index >= 15 is 0 Å². The molecule has 0 spiro atoms. The van der Waals surface area contributed by atoms with Crippen LogP contribution in [-0.2, 0) is 22.4 Å². The largest absolute Gasteiger partial charge is 0.497 e. The van der Waals surface area contributed by atoms with Gasteiger partial charge >= 0.3 is 5.97 Å². The Hall–Kier alpha value is -2.90. The van der Waals surface area contributed by atoms with E-state index in [0.29, 0.717) is 35.9 Å². The number of aromatic nitrogens is 2. The third-order valence-electron chi connectivity index (χ3n) is 3.78. The van der Waals surface area contributed by atoms with Gasteiger partial charge in [-0.25, -0.2) is 4.79 Å². The van der Waals surface area contributed by atoms with Crippen molar-refractivity contribution < 1.29 is 24.0 Å². The quantitative estimate of drug-likeness (QED) is 0.667. The Morgan fingerprint density at radius 2 is 2.00 bits per heavy atom. The maximum atomic E-state index is 12.1. The van der Waals surface area contributed by atoms with Gasteiger partial charge in [0.2, 0.25) is 11.8 Å². The molecule has 0 saturated heterocycles. The number of carbonyl (C=O) groups is 2. The molecule has 0 radical (unpaired) electrons. The minimum absolute atomic E-state index is 0.172. The molecule has 8 heteroatoms. The molecule has 1 unspecified atom stereocenters. The van der Waals surface area contributed by atoms with E-state index in [1.807, 2.05) is 6.92 Å². The van der Waals surface area contributed by atoms with Crippen LogP contribution in [0.3, 0.4) is 0 Å². The van der Waals surface area contributed by atoms with Gasteiger partial charge < -0.3 is 19.7 Å². The molecule has 26 heavy (non-hydrogen) atoms. The van der Waals surface area contributed by atoms with Crippen molar-refractivity contribution in [3.63, 3.8) is 0 Å². The van der Waals surface area contributed by atoms with E-state index in [0.717, 1.165) is 12.8 Å². The van der Waals surface area contributed by atoms with Gasteiger partial charge in [0.1, 0.15) is 5.75 Å². The Morgan fingerprint density at radius 1 is 1.27 bits per heavy atom. The highest BCUT2D eigenvalue weighted by Crippen LogP contribution is 2.18. The van der Waals surface area contributed by atoms with Gasteiger partial charge in [0, 0.05) is 19.3 Å². The van der Waals surface area contributed by atoms with E-state index in [-0.39, 0.29) is 12.3 Å². The van der Waals surface area contributed by atoms with Crippen LogP contribution in [0.2, 0.25) is 0 Å². The number of aliphatic carboxylic acids is 1. The van der Waals surface area contributed by atoms with E-state index < -0.39 is 12.0 Å². The minimum Gasteiger partial charge on any atom is -0.497 e. The monoisotopic (exact) mass is 361 g/mol. The summed E-state index contributed by atoms with van der Waals surface area (Å²) in [5, 5.41) is 15.8. The fraction of sp³-hybridized carbons (Fsp3) is 0.444. The van der Waals surface area contributed by atoms with Gasteiger partial charge in [-0.1, -0.05) is 24.2 Å². The fourth-order valence-electron chi connectivity index (χ4n) is 2.43. The van der Waals surface area contributed by atoms with Crippen molar-refractivity contribution in [2.24, 2.45) is 0 Å². The summed E-state index contributed by atoms with van der Waals surface area (Å²) in [6.07, 6.45) is 2.83. The molecule has 1 aromatic carbocycles. The van der Waals surface area contributed by atoms with Gasteiger partial charge in [-0.3, -0.25) is 4.79 Å². The summed E-state index contributed by atoms with van der Waals surface area (Å²) in [4.78, 5) is 27.8. The molecule has 0 aliphatic carbocycles. The van der Waals surface area contributed by atoms with Crippen molar-refractivity contribution in [3.05, 3.63) is 41.5 Å². The lowest BCUT2D eigenvalue weighted by Gasteiger charge is -2.15. The maximum absolute atomic E-state index is 12.1. The minimum atomic E-state index is -1.12. The van der Waals surface area contributed by atoms with Crippen molar-refractivity contribution in [2.45, 2.75) is 45.1 Å². The predicted molar refractivity (Wildman–Crippen MR) is 92.7 cm³/mol. The number of nitrogens with zero attached hydrogens (tertiary/aromatic N) is 2. The number of carboxylic acids is 1. The molecule has 8 nitrogen and oxygen atoms in total. The first-order chi connectivity index (χ1) is 12.5. The first kappa shape index (κ1) is 19.4. The summed E-state index contributed by atoms with van der Waals surface area (Å²) in [6.45, 7) is 2.03. The molecule has 0 aliphatic rings. The Morgan fingerprint density at radius 3 is 2.62 bits per heavy atom. The lowest BCUT2D eigenvalue weighted by molar-refractivity contribution is -0.142. The van der Waals surface area contributed by atoms with Crippen LogP contribution in [-0.4, -0.2) is 34.2 Å². The van der Waals surface area contributed by atoms with Gasteiger partial charge in [-0.2, -0.15) is 4.98 Å². The zero-order valence-electron chi connectivity index (χ0n) is 14.9. The number of benzene rings is 1. The molecule has 0 fully saturated rings. The zero-order valence-corrected chi connectivity index (χ0v) is 14.9. The highest BCUT2D eigenvalue weighted by atomic mass is 16.5. The number of carboxylic acid groups (broad SMARTS) is 1. The predicted octanol–water partition coefficient (Wildman–Crippen LogP) is 2.30. The third-order valence-corrected chi connectivity index (χ3v) is 3.78. The van der Waals surface area contributed by atoms with Crippen molar-refractivity contribution >= 4 is 11.9 Å². The number of aryl methyl sites for hydroxylation is 2. The summed E-state index contributed by atoms with van der Waals surface area (Å²) in [5.41, 5.74) is 0.479. The summed E-state index contributed by atoms with van der Waals surface area (Å²) in [7, 11) is 1.53. The molecule has 2 N–H and O–H groups in total. The van der Waals surface area contributed by atoms with Gasteiger partial charge in [0.15, 0.2) is 11.9 Å². The number of hydrogen-bond donors (Lipinski definition) is 2. The maximum Gasteiger partial charge on any atom is 0.330 e. The van der Waals surface area contributed by atoms with Crippen molar-refractivity contribution in [3.8, 4) is 5.75 Å². The van der Waals surface area contributed by atoms with Crippen LogP contribution in [0.1, 0.15) is 49.5 Å². The highest BCUT2D eigenvalue weighted by molar-refractivity contribution is 5.84. The third kappa shape index (κ3) is 5.58. The Labute approximate surface area is 151 Å². The van der Waals surface area contributed by atoms with Gasteiger partial charge in [-0.15, -0.1) is 0 Å². The van der Waals surface area contributed by atoms with Crippen LogP contribution >= 0.6 is 0 Å². The number of carbonyl (C=O) groups excluding carboxylic acids is 1. The number of hydrogen-bond acceptors (Lipinski definition) is 6. The Balaban J connectivity index is 1.85. The van der Waals surface area contributed by atoms with Crippen molar-refractivity contribution in [1.29, 1.82) is 0 Å². The highest BCUT2D eigenvalue weighted by Gasteiger charge is 2.22. The molecule has 1 atom stereocenters. The number of rotatable bonds is 10. The fourth-order valence-corrected chi connectivity index (χ4v) is 2.43. The van der Waals surface area contributed by atoms with Crippen LogP contribution in [0.15, 0.2) is 28.8 Å². The van der Waals surface area contributed by atoms with Crippen molar-refractivity contribution in [1.82, 2.24) is 15.5 Å². The normalized spacial score (nSPS) is 11.8. The number of amides is 1. The van der Waals surface area contributed by atoms with Gasteiger partial charge in [0.25, 0.3) is 0 Å². The second-order valence-corrected chi connectivity index (χ2v) is 5.82. The number of ether oxygens (including phenoxy) is 1. The Bertz CT molecular complexity index is 727. The standard InChI is InChI=1S/C18H23N3O5/c1-3-5-14-19-16(26-21-14)7-4-6-15(22)20-17(18(23)24)12-8-10-13(25-2)11-9-12/h8-11,17H,3-7H2,1-2H3,(H,20,22)(H,23,24). The Kier molecular flexibility index (Phi) is 7.13. The molecule has 1 amide bonds. The van der Waals surface area contributed by atoms with E-state index in [2.05, 4.69) is 15.5 Å². The molecule has 2 aromatic rings. The summed E-state index contributed by atoms with van der Waals surface area (Å²) >= 11 is 0. The summed E-state index contributed by atoms with van der Waals surface area (Å²) in [5.74, 6) is 0.306. The SMILES string of the molecule is CCCc1noc(CCCC(=O)NC(C(=O)O)c2ccc(OC)cc2)n1. The average Bonchev–Trinajstić information content (AvgIpc) is 3.07. The first-order valence-corrected chi connectivity index (χ1v) is 8.51. The van der Waals surface area contributed by atoms with Crippen LogP contribution in [0, 0.1) is 0 Å². The van der Waals surface area contributed by atoms with Crippen LogP contribution in [0.4, 0.5) is 0 Å². The molecule has 1 heterocycles. The second-order valence-electron chi connectivity index (χ2n) is 5.82.